The predicted octanol–water partition coefficient (Wildman–Crippen LogP) is 3.62. The van der Waals surface area contributed by atoms with Gasteiger partial charge in [0.2, 0.25) is 0 Å². The number of rotatable bonds is 1. The summed E-state index contributed by atoms with van der Waals surface area (Å²) in [5.41, 5.74) is 2.80. The largest absolute Gasteiger partial charge is 0.504 e. The lowest BCUT2D eigenvalue weighted by Gasteiger charge is -2.50. The molecular weight excluding hydrogens is 276 g/mol. The summed E-state index contributed by atoms with van der Waals surface area (Å²) < 4.78 is 5.32. The number of hydrogen-bond donors (Lipinski definition) is 2. The Balaban J connectivity index is 1.72. The zero-order valence-electron chi connectivity index (χ0n) is 13.5. The first-order valence-electron chi connectivity index (χ1n) is 8.62. The van der Waals surface area contributed by atoms with Crippen molar-refractivity contribution in [1.29, 1.82) is 0 Å². The Hall–Kier alpha value is -1.22. The van der Waals surface area contributed by atoms with Gasteiger partial charge in [-0.1, -0.05) is 6.92 Å². The number of aliphatic hydroxyl groups is 1. The molecule has 2 N–H and O–H groups in total. The molecule has 0 bridgehead atoms. The third kappa shape index (κ3) is 1.84. The van der Waals surface area contributed by atoms with Crippen LogP contribution in [0.15, 0.2) is 12.1 Å². The van der Waals surface area contributed by atoms with Gasteiger partial charge in [-0.25, -0.2) is 0 Å². The van der Waals surface area contributed by atoms with E-state index >= 15 is 0 Å². The first-order valence-corrected chi connectivity index (χ1v) is 8.62. The summed E-state index contributed by atoms with van der Waals surface area (Å²) in [4.78, 5) is 0. The van der Waals surface area contributed by atoms with Crippen LogP contribution in [0.2, 0.25) is 0 Å². The predicted molar refractivity (Wildman–Crippen MR) is 85.3 cm³/mol. The zero-order valence-corrected chi connectivity index (χ0v) is 13.5. The summed E-state index contributed by atoms with van der Waals surface area (Å²) in [7, 11) is 1.62. The molecular formula is C19H26O3. The van der Waals surface area contributed by atoms with Gasteiger partial charge >= 0.3 is 0 Å². The highest BCUT2D eigenvalue weighted by Gasteiger charge is 2.54. The van der Waals surface area contributed by atoms with Gasteiger partial charge in [-0.05, 0) is 85.0 Å². The Bertz CT molecular complexity index is 597. The molecule has 2 fully saturated rings. The molecule has 5 atom stereocenters. The fourth-order valence-electron chi connectivity index (χ4n) is 5.72. The van der Waals surface area contributed by atoms with Crippen LogP contribution in [0.3, 0.4) is 0 Å². The number of aromatic hydroxyl groups is 1. The van der Waals surface area contributed by atoms with E-state index in [1.807, 2.05) is 6.07 Å². The molecule has 3 nitrogen and oxygen atoms in total. The lowest BCUT2D eigenvalue weighted by Crippen LogP contribution is -2.43. The van der Waals surface area contributed by atoms with E-state index in [1.54, 1.807) is 7.11 Å². The van der Waals surface area contributed by atoms with Crippen molar-refractivity contribution in [3.63, 3.8) is 0 Å². The van der Waals surface area contributed by atoms with Gasteiger partial charge in [0.25, 0.3) is 0 Å². The summed E-state index contributed by atoms with van der Waals surface area (Å²) >= 11 is 0. The van der Waals surface area contributed by atoms with Crippen molar-refractivity contribution in [3.8, 4) is 11.5 Å². The van der Waals surface area contributed by atoms with Gasteiger partial charge in [-0.3, -0.25) is 0 Å². The van der Waals surface area contributed by atoms with Gasteiger partial charge in [0.15, 0.2) is 11.5 Å². The van der Waals surface area contributed by atoms with E-state index < -0.39 is 0 Å². The fourth-order valence-corrected chi connectivity index (χ4v) is 5.72. The Kier molecular flexibility index (Phi) is 3.19. The van der Waals surface area contributed by atoms with Crippen molar-refractivity contribution < 1.29 is 14.9 Å². The van der Waals surface area contributed by atoms with Crippen LogP contribution in [0.25, 0.3) is 0 Å². The molecule has 3 aliphatic carbocycles. The van der Waals surface area contributed by atoms with Crippen molar-refractivity contribution in [2.45, 2.75) is 57.5 Å². The molecule has 0 spiro atoms. The number of aryl methyl sites for hydroxylation is 1. The second kappa shape index (κ2) is 4.89. The first-order chi connectivity index (χ1) is 10.5. The molecule has 1 aromatic carbocycles. The maximum atomic E-state index is 10.4. The minimum Gasteiger partial charge on any atom is -0.504 e. The molecule has 0 amide bonds. The molecule has 4 rings (SSSR count). The molecule has 120 valence electrons. The molecule has 0 heterocycles. The van der Waals surface area contributed by atoms with Crippen LogP contribution < -0.4 is 4.74 Å². The van der Waals surface area contributed by atoms with Crippen molar-refractivity contribution >= 4 is 0 Å². The van der Waals surface area contributed by atoms with Gasteiger partial charge in [-0.15, -0.1) is 0 Å². The number of aliphatic hydroxyl groups excluding tert-OH is 1. The third-order valence-electron chi connectivity index (χ3n) is 6.97. The third-order valence-corrected chi connectivity index (χ3v) is 6.97. The van der Waals surface area contributed by atoms with E-state index in [9.17, 15) is 10.2 Å². The fraction of sp³-hybridized carbons (Fsp3) is 0.684. The van der Waals surface area contributed by atoms with Crippen molar-refractivity contribution in [1.82, 2.24) is 0 Å². The summed E-state index contributed by atoms with van der Waals surface area (Å²) in [5.74, 6) is 2.75. The molecule has 3 aliphatic rings. The highest BCUT2D eigenvalue weighted by atomic mass is 16.5. The molecule has 0 radical (unpaired) electrons. The molecule has 3 heteroatoms. The smallest absolute Gasteiger partial charge is 0.160 e. The van der Waals surface area contributed by atoms with Crippen molar-refractivity contribution in [2.24, 2.45) is 17.3 Å². The second-order valence-electron chi connectivity index (χ2n) is 7.78. The van der Waals surface area contributed by atoms with Crippen LogP contribution in [0.5, 0.6) is 11.5 Å². The van der Waals surface area contributed by atoms with Gasteiger partial charge < -0.3 is 14.9 Å². The quantitative estimate of drug-likeness (QED) is 0.833. The van der Waals surface area contributed by atoms with E-state index in [4.69, 9.17) is 4.74 Å². The van der Waals surface area contributed by atoms with E-state index in [1.165, 1.54) is 24.0 Å². The highest BCUT2D eigenvalue weighted by molar-refractivity contribution is 5.49. The van der Waals surface area contributed by atoms with E-state index in [-0.39, 0.29) is 17.3 Å². The van der Waals surface area contributed by atoms with Crippen molar-refractivity contribution in [2.75, 3.05) is 7.11 Å². The van der Waals surface area contributed by atoms with Gasteiger partial charge in [0, 0.05) is 0 Å². The lowest BCUT2D eigenvalue weighted by molar-refractivity contribution is -0.0226. The van der Waals surface area contributed by atoms with Crippen LogP contribution in [0, 0.1) is 17.3 Å². The normalized spacial score (nSPS) is 39.8. The summed E-state index contributed by atoms with van der Waals surface area (Å²) in [6.45, 7) is 2.30. The Labute approximate surface area is 132 Å². The summed E-state index contributed by atoms with van der Waals surface area (Å²) in [6.07, 6.45) is 6.51. The standard InChI is InChI=1S/C19H26O3/c1-19-8-7-12-13(15(19)5-6-18(19)21)4-3-11-9-16(20)17(22-2)10-14(11)12/h9-10,12-13,15,18,20-21H,3-8H2,1-2H3/t12-,13-,15+,18?,19+/m1/s1. The SMILES string of the molecule is COc1cc2c(cc1O)CC[C@@H]1[C@H]2CC[C@]2(C)C(O)CC[C@@H]12. The van der Waals surface area contributed by atoms with E-state index in [2.05, 4.69) is 13.0 Å². The Morgan fingerprint density at radius 2 is 2.00 bits per heavy atom. The van der Waals surface area contributed by atoms with E-state index in [0.717, 1.165) is 25.7 Å². The Morgan fingerprint density at radius 3 is 2.77 bits per heavy atom. The second-order valence-corrected chi connectivity index (χ2v) is 7.78. The molecule has 0 aromatic heterocycles. The van der Waals surface area contributed by atoms with Gasteiger partial charge in [0.05, 0.1) is 13.2 Å². The topological polar surface area (TPSA) is 49.7 Å². The van der Waals surface area contributed by atoms with Gasteiger partial charge in [-0.2, -0.15) is 0 Å². The number of hydrogen-bond acceptors (Lipinski definition) is 3. The van der Waals surface area contributed by atoms with Crippen LogP contribution >= 0.6 is 0 Å². The zero-order chi connectivity index (χ0) is 15.5. The number of phenolic OH excluding ortho intramolecular Hbond substituents is 1. The first kappa shape index (κ1) is 14.4. The molecule has 0 aliphatic heterocycles. The van der Waals surface area contributed by atoms with Crippen LogP contribution in [-0.2, 0) is 6.42 Å². The minimum absolute atomic E-state index is 0.116. The minimum atomic E-state index is -0.116. The lowest BCUT2D eigenvalue weighted by atomic mass is 9.55. The number of benzene rings is 1. The molecule has 2 saturated carbocycles. The van der Waals surface area contributed by atoms with Crippen LogP contribution in [0.1, 0.15) is 56.1 Å². The Morgan fingerprint density at radius 1 is 1.18 bits per heavy atom. The molecule has 0 saturated heterocycles. The number of ether oxygens (including phenoxy) is 1. The molecule has 1 aromatic rings. The van der Waals surface area contributed by atoms with E-state index in [0.29, 0.717) is 23.5 Å². The summed E-state index contributed by atoms with van der Waals surface area (Å²) in [5, 5.41) is 20.5. The number of methoxy groups -OCH3 is 1. The number of fused-ring (bicyclic) bond motifs is 5. The molecule has 22 heavy (non-hydrogen) atoms. The van der Waals surface area contributed by atoms with Crippen LogP contribution in [0.4, 0.5) is 0 Å². The summed E-state index contributed by atoms with van der Waals surface area (Å²) in [6, 6.07) is 3.97. The number of phenols is 1. The maximum absolute atomic E-state index is 10.4. The average Bonchev–Trinajstić information content (AvgIpc) is 2.82. The monoisotopic (exact) mass is 302 g/mol. The average molecular weight is 302 g/mol. The van der Waals surface area contributed by atoms with Crippen molar-refractivity contribution in [3.05, 3.63) is 23.3 Å². The van der Waals surface area contributed by atoms with Gasteiger partial charge in [0.1, 0.15) is 0 Å². The highest BCUT2D eigenvalue weighted by Crippen LogP contribution is 2.61. The molecule has 1 unspecified atom stereocenters. The van der Waals surface area contributed by atoms with Crippen LogP contribution in [-0.4, -0.2) is 23.4 Å². The maximum Gasteiger partial charge on any atom is 0.160 e.